The number of benzene rings is 2. The van der Waals surface area contributed by atoms with Crippen LogP contribution in [-0.2, 0) is 11.3 Å². The molecular weight excluding hydrogens is 312 g/mol. The highest BCUT2D eigenvalue weighted by Crippen LogP contribution is 2.32. The van der Waals surface area contributed by atoms with Gasteiger partial charge in [-0.15, -0.1) is 0 Å². The summed E-state index contributed by atoms with van der Waals surface area (Å²) in [5, 5.41) is 3.02. The molecule has 2 aromatic carbocycles. The first-order valence-electron chi connectivity index (χ1n) is 9.03. The summed E-state index contributed by atoms with van der Waals surface area (Å²) in [5.74, 6) is 0.984. The smallest absolute Gasteiger partial charge is 0.234 e. The number of nitrogens with one attached hydrogen (secondary N) is 1. The lowest BCUT2D eigenvalue weighted by Gasteiger charge is -2.24. The molecule has 1 saturated heterocycles. The molecule has 0 radical (unpaired) electrons. The Labute approximate surface area is 149 Å². The van der Waals surface area contributed by atoms with E-state index in [1.165, 1.54) is 5.56 Å². The zero-order valence-electron chi connectivity index (χ0n) is 14.8. The van der Waals surface area contributed by atoms with Crippen molar-refractivity contribution in [1.82, 2.24) is 10.2 Å². The molecule has 0 saturated carbocycles. The summed E-state index contributed by atoms with van der Waals surface area (Å²) in [4.78, 5) is 14.6. The monoisotopic (exact) mass is 338 g/mol. The van der Waals surface area contributed by atoms with Crippen LogP contribution in [0.25, 0.3) is 0 Å². The number of ether oxygens (including phenoxy) is 1. The van der Waals surface area contributed by atoms with Crippen molar-refractivity contribution in [2.45, 2.75) is 32.4 Å². The van der Waals surface area contributed by atoms with Crippen molar-refractivity contribution in [1.29, 1.82) is 0 Å². The summed E-state index contributed by atoms with van der Waals surface area (Å²) >= 11 is 0. The number of nitrogens with zero attached hydrogens (tertiary/aromatic N) is 1. The molecule has 0 bridgehead atoms. The molecule has 1 atom stereocenters. The number of hydrogen-bond donors (Lipinski definition) is 1. The van der Waals surface area contributed by atoms with Crippen LogP contribution < -0.4 is 10.1 Å². The number of amides is 1. The van der Waals surface area contributed by atoms with Gasteiger partial charge in [-0.2, -0.15) is 0 Å². The van der Waals surface area contributed by atoms with E-state index in [0.29, 0.717) is 25.7 Å². The SMILES string of the molecule is CCOc1ccc([C@H]2CCCN2CC(=O)NCc2ccccc2)cc1. The second-order valence-corrected chi connectivity index (χ2v) is 6.39. The van der Waals surface area contributed by atoms with Gasteiger partial charge in [0.2, 0.25) is 5.91 Å². The van der Waals surface area contributed by atoms with E-state index in [0.717, 1.165) is 30.7 Å². The topological polar surface area (TPSA) is 41.6 Å². The van der Waals surface area contributed by atoms with Gasteiger partial charge in [0.25, 0.3) is 0 Å². The fourth-order valence-electron chi connectivity index (χ4n) is 3.38. The normalized spacial score (nSPS) is 17.4. The molecule has 0 aliphatic carbocycles. The lowest BCUT2D eigenvalue weighted by Crippen LogP contribution is -2.36. The molecule has 1 N–H and O–H groups in total. The quantitative estimate of drug-likeness (QED) is 0.839. The van der Waals surface area contributed by atoms with E-state index in [1.54, 1.807) is 0 Å². The first kappa shape index (κ1) is 17.5. The van der Waals surface area contributed by atoms with E-state index >= 15 is 0 Å². The van der Waals surface area contributed by atoms with Crippen LogP contribution in [0.15, 0.2) is 54.6 Å². The molecule has 132 valence electrons. The molecule has 1 heterocycles. The minimum atomic E-state index is 0.0849. The Morgan fingerprint density at radius 3 is 2.64 bits per heavy atom. The fourth-order valence-corrected chi connectivity index (χ4v) is 3.38. The zero-order chi connectivity index (χ0) is 17.5. The Kier molecular flexibility index (Phi) is 6.07. The fraction of sp³-hybridized carbons (Fsp3) is 0.381. The van der Waals surface area contributed by atoms with Crippen LogP contribution in [0.3, 0.4) is 0 Å². The molecule has 1 fully saturated rings. The van der Waals surface area contributed by atoms with Crippen molar-refractivity contribution >= 4 is 5.91 Å². The van der Waals surface area contributed by atoms with Gasteiger partial charge in [0.05, 0.1) is 13.2 Å². The van der Waals surface area contributed by atoms with Gasteiger partial charge < -0.3 is 10.1 Å². The molecule has 0 unspecified atom stereocenters. The molecule has 4 nitrogen and oxygen atoms in total. The lowest BCUT2D eigenvalue weighted by atomic mass is 10.0. The molecule has 3 rings (SSSR count). The van der Waals surface area contributed by atoms with E-state index in [-0.39, 0.29) is 5.91 Å². The van der Waals surface area contributed by atoms with Gasteiger partial charge in [0.1, 0.15) is 5.75 Å². The first-order valence-corrected chi connectivity index (χ1v) is 9.03. The van der Waals surface area contributed by atoms with E-state index in [4.69, 9.17) is 4.74 Å². The van der Waals surface area contributed by atoms with Crippen LogP contribution in [0.1, 0.15) is 36.9 Å². The second kappa shape index (κ2) is 8.67. The molecular formula is C21H26N2O2. The van der Waals surface area contributed by atoms with Crippen molar-refractivity contribution in [3.63, 3.8) is 0 Å². The minimum absolute atomic E-state index is 0.0849. The van der Waals surface area contributed by atoms with E-state index in [9.17, 15) is 4.79 Å². The Balaban J connectivity index is 1.55. The van der Waals surface area contributed by atoms with Crippen LogP contribution in [0.2, 0.25) is 0 Å². The van der Waals surface area contributed by atoms with Crippen LogP contribution >= 0.6 is 0 Å². The Morgan fingerprint density at radius 2 is 1.92 bits per heavy atom. The van der Waals surface area contributed by atoms with Gasteiger partial charge in [-0.3, -0.25) is 9.69 Å². The molecule has 0 aromatic heterocycles. The van der Waals surface area contributed by atoms with Crippen LogP contribution in [0.4, 0.5) is 0 Å². The predicted molar refractivity (Wildman–Crippen MR) is 99.4 cm³/mol. The minimum Gasteiger partial charge on any atom is -0.494 e. The van der Waals surface area contributed by atoms with Gasteiger partial charge in [-0.05, 0) is 49.6 Å². The highest BCUT2D eigenvalue weighted by molar-refractivity contribution is 5.78. The van der Waals surface area contributed by atoms with Gasteiger partial charge in [-0.1, -0.05) is 42.5 Å². The van der Waals surface area contributed by atoms with Crippen LogP contribution in [0, 0.1) is 0 Å². The maximum Gasteiger partial charge on any atom is 0.234 e. The Morgan fingerprint density at radius 1 is 1.16 bits per heavy atom. The van der Waals surface area contributed by atoms with E-state index in [1.807, 2.05) is 49.4 Å². The standard InChI is InChI=1S/C21H26N2O2/c1-2-25-19-12-10-18(11-13-19)20-9-6-14-23(20)16-21(24)22-15-17-7-4-3-5-8-17/h3-5,7-8,10-13,20H,2,6,9,14-16H2,1H3,(H,22,24)/t20-/m1/s1. The maximum absolute atomic E-state index is 12.3. The third-order valence-corrected chi connectivity index (χ3v) is 4.62. The molecule has 1 amide bonds. The number of carbonyl (C=O) groups is 1. The zero-order valence-corrected chi connectivity index (χ0v) is 14.8. The average Bonchev–Trinajstić information content (AvgIpc) is 3.10. The van der Waals surface area contributed by atoms with Crippen LogP contribution in [-0.4, -0.2) is 30.5 Å². The maximum atomic E-state index is 12.3. The number of likely N-dealkylation sites (tertiary alicyclic amines) is 1. The molecule has 0 spiro atoms. The summed E-state index contributed by atoms with van der Waals surface area (Å²) < 4.78 is 5.51. The summed E-state index contributed by atoms with van der Waals surface area (Å²) in [5.41, 5.74) is 2.39. The second-order valence-electron chi connectivity index (χ2n) is 6.39. The number of hydrogen-bond acceptors (Lipinski definition) is 3. The van der Waals surface area contributed by atoms with E-state index < -0.39 is 0 Å². The van der Waals surface area contributed by atoms with Gasteiger partial charge in [-0.25, -0.2) is 0 Å². The third kappa shape index (κ3) is 4.83. The summed E-state index contributed by atoms with van der Waals surface area (Å²) in [7, 11) is 0. The molecule has 1 aliphatic rings. The average molecular weight is 338 g/mol. The number of carbonyl (C=O) groups excluding carboxylic acids is 1. The van der Waals surface area contributed by atoms with Crippen molar-refractivity contribution in [3.8, 4) is 5.75 Å². The van der Waals surface area contributed by atoms with Gasteiger partial charge >= 0.3 is 0 Å². The van der Waals surface area contributed by atoms with Gasteiger partial charge in [0, 0.05) is 12.6 Å². The highest BCUT2D eigenvalue weighted by atomic mass is 16.5. The summed E-state index contributed by atoms with van der Waals surface area (Å²) in [6.07, 6.45) is 2.23. The largest absolute Gasteiger partial charge is 0.494 e. The molecule has 2 aromatic rings. The Hall–Kier alpha value is -2.33. The van der Waals surface area contributed by atoms with Crippen LogP contribution in [0.5, 0.6) is 5.75 Å². The lowest BCUT2D eigenvalue weighted by molar-refractivity contribution is -0.122. The Bertz CT molecular complexity index is 670. The van der Waals surface area contributed by atoms with Gasteiger partial charge in [0.15, 0.2) is 0 Å². The van der Waals surface area contributed by atoms with Crippen molar-refractivity contribution in [3.05, 3.63) is 65.7 Å². The molecule has 1 aliphatic heterocycles. The van der Waals surface area contributed by atoms with Crippen molar-refractivity contribution < 1.29 is 9.53 Å². The first-order chi connectivity index (χ1) is 12.3. The number of rotatable bonds is 7. The predicted octanol–water partition coefficient (Wildman–Crippen LogP) is 3.54. The third-order valence-electron chi connectivity index (χ3n) is 4.62. The summed E-state index contributed by atoms with van der Waals surface area (Å²) in [6, 6.07) is 18.6. The molecule has 25 heavy (non-hydrogen) atoms. The van der Waals surface area contributed by atoms with E-state index in [2.05, 4.69) is 22.3 Å². The van der Waals surface area contributed by atoms with Crippen molar-refractivity contribution in [2.75, 3.05) is 19.7 Å². The summed E-state index contributed by atoms with van der Waals surface area (Å²) in [6.45, 7) is 4.67. The molecule has 4 heteroatoms. The van der Waals surface area contributed by atoms with Crippen molar-refractivity contribution in [2.24, 2.45) is 0 Å². The highest BCUT2D eigenvalue weighted by Gasteiger charge is 2.27.